The Morgan fingerprint density at radius 2 is 2.07 bits per heavy atom. The van der Waals surface area contributed by atoms with Crippen molar-refractivity contribution in [2.24, 2.45) is 0 Å². The summed E-state index contributed by atoms with van der Waals surface area (Å²) < 4.78 is 16.3. The molecule has 7 nitrogen and oxygen atoms in total. The van der Waals surface area contributed by atoms with E-state index in [1.54, 1.807) is 13.1 Å². The zero-order valence-corrected chi connectivity index (χ0v) is 16.0. The average Bonchev–Trinajstić information content (AvgIpc) is 2.69. The Balaban J connectivity index is 1.87. The van der Waals surface area contributed by atoms with Crippen LogP contribution in [0.4, 0.5) is 5.69 Å². The molecule has 0 spiro atoms. The molecule has 0 unspecified atom stereocenters. The van der Waals surface area contributed by atoms with Gasteiger partial charge in [-0.05, 0) is 32.0 Å². The van der Waals surface area contributed by atoms with Gasteiger partial charge >= 0.3 is 5.97 Å². The van der Waals surface area contributed by atoms with Crippen LogP contribution in [-0.4, -0.2) is 63.6 Å². The summed E-state index contributed by atoms with van der Waals surface area (Å²) in [5, 5.41) is 4.32. The summed E-state index contributed by atoms with van der Waals surface area (Å²) in [5.74, 6) is 0.393. The minimum Gasteiger partial charge on any atom is -0.494 e. The number of nitrogens with one attached hydrogen (secondary N) is 2. The monoisotopic (exact) mass is 374 g/mol. The fourth-order valence-corrected chi connectivity index (χ4v) is 3.26. The van der Waals surface area contributed by atoms with Crippen molar-refractivity contribution in [1.29, 1.82) is 0 Å². The first-order chi connectivity index (χ1) is 13.2. The van der Waals surface area contributed by atoms with Gasteiger partial charge in [0.1, 0.15) is 24.4 Å². The van der Waals surface area contributed by atoms with Gasteiger partial charge in [-0.15, -0.1) is 0 Å². The van der Waals surface area contributed by atoms with Gasteiger partial charge < -0.3 is 24.4 Å². The molecule has 0 atom stereocenters. The number of ether oxygens (including phenoxy) is 3. The molecule has 3 rings (SSSR count). The van der Waals surface area contributed by atoms with Crippen molar-refractivity contribution in [2.45, 2.75) is 13.8 Å². The number of aromatic nitrogens is 1. The van der Waals surface area contributed by atoms with E-state index in [1.165, 1.54) is 4.90 Å². The highest BCUT2D eigenvalue weighted by Gasteiger charge is 2.18. The molecule has 27 heavy (non-hydrogen) atoms. The maximum absolute atomic E-state index is 12.4. The molecule has 1 saturated heterocycles. The number of nitrogens with zero attached hydrogens (tertiary/aromatic N) is 1. The quantitative estimate of drug-likeness (QED) is 0.675. The van der Waals surface area contributed by atoms with Crippen molar-refractivity contribution >= 4 is 22.6 Å². The molecule has 146 valence electrons. The summed E-state index contributed by atoms with van der Waals surface area (Å²) in [6.07, 6.45) is 1.59. The molecule has 2 heterocycles. The van der Waals surface area contributed by atoms with Crippen LogP contribution in [0.5, 0.6) is 5.75 Å². The Hall–Kier alpha value is -2.38. The Labute approximate surface area is 159 Å². The van der Waals surface area contributed by atoms with E-state index < -0.39 is 0 Å². The highest BCUT2D eigenvalue weighted by Crippen LogP contribution is 2.29. The van der Waals surface area contributed by atoms with Gasteiger partial charge in [0.2, 0.25) is 0 Å². The number of pyridine rings is 1. The van der Waals surface area contributed by atoms with E-state index in [4.69, 9.17) is 14.2 Å². The molecule has 2 N–H and O–H groups in total. The van der Waals surface area contributed by atoms with Crippen LogP contribution in [0.25, 0.3) is 10.9 Å². The lowest BCUT2D eigenvalue weighted by atomic mass is 10.1. The summed E-state index contributed by atoms with van der Waals surface area (Å²) in [4.78, 5) is 18.4. The molecule has 2 aromatic rings. The molecular weight excluding hydrogens is 346 g/mol. The predicted octanol–water partition coefficient (Wildman–Crippen LogP) is 1.14. The molecular formula is C20H28N3O4+. The minimum absolute atomic E-state index is 0.327. The van der Waals surface area contributed by atoms with Crippen LogP contribution in [0.1, 0.15) is 24.2 Å². The van der Waals surface area contributed by atoms with Crippen molar-refractivity contribution in [3.8, 4) is 5.75 Å². The number of rotatable bonds is 8. The van der Waals surface area contributed by atoms with E-state index in [0.717, 1.165) is 61.7 Å². The number of benzene rings is 1. The van der Waals surface area contributed by atoms with Gasteiger partial charge in [0.15, 0.2) is 0 Å². The SMILES string of the molecule is CCOC(=O)c1cnc2ccc(OCC)cc2c1NCC[NH+]1CCOCC1. The van der Waals surface area contributed by atoms with Crippen LogP contribution in [0.3, 0.4) is 0 Å². The summed E-state index contributed by atoms with van der Waals surface area (Å²) in [5.41, 5.74) is 2.02. The first kappa shape index (κ1) is 19.4. The van der Waals surface area contributed by atoms with Gasteiger partial charge in [0, 0.05) is 11.6 Å². The lowest BCUT2D eigenvalue weighted by Gasteiger charge is -2.24. The van der Waals surface area contributed by atoms with Gasteiger partial charge in [-0.2, -0.15) is 0 Å². The van der Waals surface area contributed by atoms with Crippen LogP contribution in [-0.2, 0) is 9.47 Å². The van der Waals surface area contributed by atoms with Crippen molar-refractivity contribution in [3.05, 3.63) is 30.0 Å². The molecule has 1 aromatic carbocycles. The number of fused-ring (bicyclic) bond motifs is 1. The van der Waals surface area contributed by atoms with E-state index in [9.17, 15) is 4.79 Å². The highest BCUT2D eigenvalue weighted by atomic mass is 16.5. The fourth-order valence-electron chi connectivity index (χ4n) is 3.26. The number of anilines is 1. The molecule has 0 amide bonds. The molecule has 0 aliphatic carbocycles. The second kappa shape index (κ2) is 9.53. The second-order valence-corrected chi connectivity index (χ2v) is 6.42. The number of hydrogen-bond acceptors (Lipinski definition) is 6. The number of carbonyl (C=O) groups excluding carboxylic acids is 1. The number of hydrogen-bond donors (Lipinski definition) is 2. The third kappa shape index (κ3) is 4.87. The molecule has 0 saturated carbocycles. The van der Waals surface area contributed by atoms with Crippen LogP contribution in [0.15, 0.2) is 24.4 Å². The van der Waals surface area contributed by atoms with Gasteiger partial charge in [-0.1, -0.05) is 0 Å². The van der Waals surface area contributed by atoms with Crippen LogP contribution >= 0.6 is 0 Å². The van der Waals surface area contributed by atoms with E-state index in [1.807, 2.05) is 25.1 Å². The van der Waals surface area contributed by atoms with E-state index >= 15 is 0 Å². The van der Waals surface area contributed by atoms with E-state index in [-0.39, 0.29) is 5.97 Å². The van der Waals surface area contributed by atoms with Crippen molar-refractivity contribution in [1.82, 2.24) is 4.98 Å². The number of esters is 1. The molecule has 0 bridgehead atoms. The second-order valence-electron chi connectivity index (χ2n) is 6.42. The van der Waals surface area contributed by atoms with Crippen LogP contribution in [0, 0.1) is 0 Å². The molecule has 1 aliphatic rings. The smallest absolute Gasteiger partial charge is 0.341 e. The molecule has 1 fully saturated rings. The van der Waals surface area contributed by atoms with Crippen LogP contribution in [0.2, 0.25) is 0 Å². The number of carbonyl (C=O) groups is 1. The highest BCUT2D eigenvalue weighted by molar-refractivity contribution is 6.05. The summed E-state index contributed by atoms with van der Waals surface area (Å²) in [6.45, 7) is 10.00. The van der Waals surface area contributed by atoms with Crippen LogP contribution < -0.4 is 15.0 Å². The third-order valence-electron chi connectivity index (χ3n) is 4.63. The van der Waals surface area contributed by atoms with Crippen molar-refractivity contribution in [2.75, 3.05) is 57.9 Å². The lowest BCUT2D eigenvalue weighted by molar-refractivity contribution is -0.906. The minimum atomic E-state index is -0.366. The third-order valence-corrected chi connectivity index (χ3v) is 4.63. The summed E-state index contributed by atoms with van der Waals surface area (Å²) in [6, 6.07) is 5.73. The summed E-state index contributed by atoms with van der Waals surface area (Å²) in [7, 11) is 0. The Morgan fingerprint density at radius 3 is 2.81 bits per heavy atom. The van der Waals surface area contributed by atoms with Gasteiger partial charge in [0.05, 0.1) is 50.7 Å². The number of quaternary nitrogens is 1. The lowest BCUT2D eigenvalue weighted by Crippen LogP contribution is -3.14. The van der Waals surface area contributed by atoms with Crippen molar-refractivity contribution < 1.29 is 23.9 Å². The fraction of sp³-hybridized carbons (Fsp3) is 0.500. The van der Waals surface area contributed by atoms with Gasteiger partial charge in [0.25, 0.3) is 0 Å². The normalized spacial score (nSPS) is 14.9. The van der Waals surface area contributed by atoms with Crippen molar-refractivity contribution in [3.63, 3.8) is 0 Å². The first-order valence-electron chi connectivity index (χ1n) is 9.60. The Bertz CT molecular complexity index is 775. The average molecular weight is 374 g/mol. The Kier molecular flexibility index (Phi) is 6.84. The zero-order chi connectivity index (χ0) is 19.1. The topological polar surface area (TPSA) is 74.1 Å². The van der Waals surface area contributed by atoms with E-state index in [0.29, 0.717) is 18.8 Å². The standard InChI is InChI=1S/C20H27N3O4/c1-3-26-15-5-6-18-16(13-15)19(17(14-22-18)20(24)27-4-2)21-7-8-23-9-11-25-12-10-23/h5-6,13-14H,3-4,7-12H2,1-2H3,(H,21,22)/p+1. The number of morpholine rings is 1. The first-order valence-corrected chi connectivity index (χ1v) is 9.60. The van der Waals surface area contributed by atoms with Gasteiger partial charge in [-0.3, -0.25) is 4.98 Å². The molecule has 0 radical (unpaired) electrons. The maximum atomic E-state index is 12.4. The Morgan fingerprint density at radius 1 is 1.26 bits per heavy atom. The molecule has 1 aromatic heterocycles. The zero-order valence-electron chi connectivity index (χ0n) is 16.0. The summed E-state index contributed by atoms with van der Waals surface area (Å²) >= 11 is 0. The maximum Gasteiger partial charge on any atom is 0.341 e. The van der Waals surface area contributed by atoms with Gasteiger partial charge in [-0.25, -0.2) is 4.79 Å². The molecule has 7 heteroatoms. The predicted molar refractivity (Wildman–Crippen MR) is 104 cm³/mol. The van der Waals surface area contributed by atoms with E-state index in [2.05, 4.69) is 10.3 Å². The molecule has 1 aliphatic heterocycles. The largest absolute Gasteiger partial charge is 0.494 e.